The van der Waals surface area contributed by atoms with Crippen LogP contribution in [0.2, 0.25) is 0 Å². The fourth-order valence-corrected chi connectivity index (χ4v) is 2.31. The summed E-state index contributed by atoms with van der Waals surface area (Å²) in [5, 5.41) is 0. The SMILES string of the molecule is C#C/C=C\CCCC#CCCCCCCCCCCCC#C. The van der Waals surface area contributed by atoms with Gasteiger partial charge in [0.2, 0.25) is 0 Å². The summed E-state index contributed by atoms with van der Waals surface area (Å²) in [7, 11) is 0. The van der Waals surface area contributed by atoms with Gasteiger partial charge in [0.1, 0.15) is 0 Å². The second-order valence-electron chi connectivity index (χ2n) is 5.70. The maximum absolute atomic E-state index is 5.23. The maximum Gasteiger partial charge on any atom is 0.00916 e. The molecule has 0 aromatic carbocycles. The minimum absolute atomic E-state index is 0.947. The number of hydrogen-bond acceptors (Lipinski definition) is 0. The van der Waals surface area contributed by atoms with E-state index in [9.17, 15) is 0 Å². The molecule has 0 aliphatic carbocycles. The monoisotopic (exact) mass is 296 g/mol. The van der Waals surface area contributed by atoms with E-state index in [2.05, 4.69) is 23.7 Å². The highest BCUT2D eigenvalue weighted by atomic mass is 14.0. The Morgan fingerprint density at radius 1 is 0.591 bits per heavy atom. The highest BCUT2D eigenvalue weighted by Gasteiger charge is 1.92. The first-order valence-electron chi connectivity index (χ1n) is 8.92. The van der Waals surface area contributed by atoms with Gasteiger partial charge in [-0.05, 0) is 31.8 Å². The molecule has 0 bridgehead atoms. The molecule has 0 heterocycles. The van der Waals surface area contributed by atoms with E-state index in [1.165, 1.54) is 57.8 Å². The Labute approximate surface area is 139 Å². The molecule has 120 valence electrons. The standard InChI is InChI=1S/C22H32/c1-3-5-7-9-11-13-15-17-19-21-22-20-18-16-14-12-10-8-6-4-2/h1-2,5,7H,6,8-14,16,18-22H2/b7-5-. The highest BCUT2D eigenvalue weighted by Crippen LogP contribution is 2.11. The van der Waals surface area contributed by atoms with Gasteiger partial charge >= 0.3 is 0 Å². The van der Waals surface area contributed by atoms with Gasteiger partial charge in [0.05, 0.1) is 0 Å². The summed E-state index contributed by atoms with van der Waals surface area (Å²) in [5.41, 5.74) is 0. The zero-order valence-corrected chi connectivity index (χ0v) is 14.2. The van der Waals surface area contributed by atoms with Gasteiger partial charge in [-0.15, -0.1) is 30.6 Å². The molecule has 22 heavy (non-hydrogen) atoms. The molecule has 0 aromatic heterocycles. The maximum atomic E-state index is 5.23. The summed E-state index contributed by atoms with van der Waals surface area (Å²) in [6.45, 7) is 0. The van der Waals surface area contributed by atoms with E-state index in [4.69, 9.17) is 12.8 Å². The van der Waals surface area contributed by atoms with E-state index >= 15 is 0 Å². The second-order valence-corrected chi connectivity index (χ2v) is 5.70. The van der Waals surface area contributed by atoms with Gasteiger partial charge in [0.15, 0.2) is 0 Å². The smallest absolute Gasteiger partial charge is 0.00916 e. The third kappa shape index (κ3) is 18.4. The zero-order chi connectivity index (χ0) is 16.1. The number of rotatable bonds is 13. The Balaban J connectivity index is 3.13. The summed E-state index contributed by atoms with van der Waals surface area (Å²) in [4.78, 5) is 0. The minimum Gasteiger partial charge on any atom is -0.120 e. The molecule has 0 atom stereocenters. The lowest BCUT2D eigenvalue weighted by Gasteiger charge is -2.00. The quantitative estimate of drug-likeness (QED) is 0.277. The van der Waals surface area contributed by atoms with Crippen molar-refractivity contribution in [3.05, 3.63) is 12.2 Å². The summed E-state index contributed by atoms with van der Waals surface area (Å²) in [6.07, 6.45) is 31.3. The lowest BCUT2D eigenvalue weighted by Crippen LogP contribution is -1.81. The van der Waals surface area contributed by atoms with E-state index in [1.54, 1.807) is 6.08 Å². The Hall–Kier alpha value is -1.58. The Morgan fingerprint density at radius 2 is 1.09 bits per heavy atom. The summed E-state index contributed by atoms with van der Waals surface area (Å²) >= 11 is 0. The van der Waals surface area contributed by atoms with Crippen LogP contribution in [0.5, 0.6) is 0 Å². The third-order valence-electron chi connectivity index (χ3n) is 3.63. The van der Waals surface area contributed by atoms with E-state index in [1.807, 2.05) is 6.08 Å². The van der Waals surface area contributed by atoms with Crippen LogP contribution in [0.4, 0.5) is 0 Å². The van der Waals surface area contributed by atoms with E-state index in [-0.39, 0.29) is 0 Å². The van der Waals surface area contributed by atoms with Crippen molar-refractivity contribution >= 4 is 0 Å². The van der Waals surface area contributed by atoms with Gasteiger partial charge in [-0.2, -0.15) is 0 Å². The topological polar surface area (TPSA) is 0 Å². The number of unbranched alkanes of at least 4 members (excludes halogenated alkanes) is 12. The number of hydrogen-bond donors (Lipinski definition) is 0. The first-order chi connectivity index (χ1) is 10.9. The van der Waals surface area contributed by atoms with Crippen molar-refractivity contribution in [1.29, 1.82) is 0 Å². The van der Waals surface area contributed by atoms with Gasteiger partial charge in [-0.3, -0.25) is 0 Å². The van der Waals surface area contributed by atoms with Crippen LogP contribution in [-0.2, 0) is 0 Å². The van der Waals surface area contributed by atoms with Crippen molar-refractivity contribution in [2.45, 2.75) is 89.9 Å². The average molecular weight is 296 g/mol. The Morgan fingerprint density at radius 3 is 1.64 bits per heavy atom. The molecule has 0 aliphatic rings. The lowest BCUT2D eigenvalue weighted by molar-refractivity contribution is 0.563. The van der Waals surface area contributed by atoms with E-state index in [0.29, 0.717) is 0 Å². The van der Waals surface area contributed by atoms with Crippen molar-refractivity contribution in [3.63, 3.8) is 0 Å². The first kappa shape index (κ1) is 20.4. The van der Waals surface area contributed by atoms with Crippen LogP contribution < -0.4 is 0 Å². The summed E-state index contributed by atoms with van der Waals surface area (Å²) in [5.74, 6) is 11.7. The number of terminal acetylenes is 2. The van der Waals surface area contributed by atoms with Crippen molar-refractivity contribution in [3.8, 4) is 36.5 Å². The molecule has 0 saturated heterocycles. The molecule has 0 radical (unpaired) electrons. The largest absolute Gasteiger partial charge is 0.120 e. The summed E-state index contributed by atoms with van der Waals surface area (Å²) < 4.78 is 0. The lowest BCUT2D eigenvalue weighted by atomic mass is 10.1. The first-order valence-corrected chi connectivity index (χ1v) is 8.92. The molecule has 0 heteroatoms. The van der Waals surface area contributed by atoms with Crippen LogP contribution in [0.15, 0.2) is 12.2 Å². The normalized spacial score (nSPS) is 9.91. The van der Waals surface area contributed by atoms with Crippen LogP contribution in [0.1, 0.15) is 89.9 Å². The van der Waals surface area contributed by atoms with Crippen LogP contribution in [0, 0.1) is 36.5 Å². The fraction of sp³-hybridized carbons (Fsp3) is 0.636. The fourth-order valence-electron chi connectivity index (χ4n) is 2.31. The molecular formula is C22H32. The van der Waals surface area contributed by atoms with Crippen LogP contribution in [0.25, 0.3) is 0 Å². The Kier molecular flexibility index (Phi) is 18.0. The molecule has 0 N–H and O–H groups in total. The van der Waals surface area contributed by atoms with Gasteiger partial charge in [-0.25, -0.2) is 0 Å². The van der Waals surface area contributed by atoms with E-state index in [0.717, 1.165) is 32.1 Å². The van der Waals surface area contributed by atoms with Crippen LogP contribution in [0.3, 0.4) is 0 Å². The molecule has 0 rings (SSSR count). The third-order valence-corrected chi connectivity index (χ3v) is 3.63. The molecule has 0 fully saturated rings. The highest BCUT2D eigenvalue weighted by molar-refractivity contribution is 5.08. The molecule has 0 aromatic rings. The Bertz CT molecular complexity index is 388. The van der Waals surface area contributed by atoms with Gasteiger partial charge < -0.3 is 0 Å². The predicted molar refractivity (Wildman–Crippen MR) is 99.2 cm³/mol. The van der Waals surface area contributed by atoms with Gasteiger partial charge in [-0.1, -0.05) is 56.9 Å². The zero-order valence-electron chi connectivity index (χ0n) is 14.2. The van der Waals surface area contributed by atoms with Crippen molar-refractivity contribution in [2.75, 3.05) is 0 Å². The molecule has 0 amide bonds. The summed E-state index contributed by atoms with van der Waals surface area (Å²) in [6, 6.07) is 0. The van der Waals surface area contributed by atoms with Crippen LogP contribution in [-0.4, -0.2) is 0 Å². The molecule has 0 aliphatic heterocycles. The molecule has 0 spiro atoms. The number of allylic oxidation sites excluding steroid dienone is 2. The minimum atomic E-state index is 0.947. The van der Waals surface area contributed by atoms with Gasteiger partial charge in [0, 0.05) is 19.3 Å². The van der Waals surface area contributed by atoms with Crippen molar-refractivity contribution in [2.24, 2.45) is 0 Å². The molecular weight excluding hydrogens is 264 g/mol. The van der Waals surface area contributed by atoms with Gasteiger partial charge in [0.25, 0.3) is 0 Å². The van der Waals surface area contributed by atoms with Crippen LogP contribution >= 0.6 is 0 Å². The average Bonchev–Trinajstić information content (AvgIpc) is 2.54. The molecule has 0 nitrogen and oxygen atoms in total. The molecule has 0 unspecified atom stereocenters. The second kappa shape index (κ2) is 19.4. The van der Waals surface area contributed by atoms with Crippen molar-refractivity contribution in [1.82, 2.24) is 0 Å². The van der Waals surface area contributed by atoms with E-state index < -0.39 is 0 Å². The molecule has 0 saturated carbocycles. The predicted octanol–water partition coefficient (Wildman–Crippen LogP) is 6.27. The van der Waals surface area contributed by atoms with Crippen molar-refractivity contribution < 1.29 is 0 Å².